The quantitative estimate of drug-likeness (QED) is 0.178. The molecule has 4 aromatic carbocycles. The van der Waals surface area contributed by atoms with Gasteiger partial charge in [-0.3, -0.25) is 13.9 Å². The van der Waals surface area contributed by atoms with Crippen LogP contribution >= 0.6 is 0 Å². The van der Waals surface area contributed by atoms with Gasteiger partial charge >= 0.3 is 0 Å². The van der Waals surface area contributed by atoms with Crippen LogP contribution in [0.2, 0.25) is 0 Å². The van der Waals surface area contributed by atoms with Gasteiger partial charge in [0.1, 0.15) is 30.8 Å². The predicted octanol–water partition coefficient (Wildman–Crippen LogP) is 5.73. The average Bonchev–Trinajstić information content (AvgIpc) is 3.05. The monoisotopic (exact) mass is 645 g/mol. The Bertz CT molecular complexity index is 1670. The fourth-order valence-electron chi connectivity index (χ4n) is 4.84. The normalized spacial score (nSPS) is 12.5. The van der Waals surface area contributed by atoms with Crippen LogP contribution in [0.5, 0.6) is 5.75 Å². The van der Waals surface area contributed by atoms with Crippen LogP contribution in [0, 0.1) is 5.82 Å². The van der Waals surface area contributed by atoms with Crippen LogP contribution < -0.4 is 14.4 Å². The Balaban J connectivity index is 1.64. The van der Waals surface area contributed by atoms with E-state index in [1.54, 1.807) is 36.4 Å². The fraction of sp³-hybridized carbons (Fsp3) is 0.278. The van der Waals surface area contributed by atoms with Crippen LogP contribution in [0.15, 0.2) is 109 Å². The molecule has 4 rings (SSSR count). The molecule has 46 heavy (non-hydrogen) atoms. The van der Waals surface area contributed by atoms with E-state index < -0.39 is 34.3 Å². The number of anilines is 1. The first kappa shape index (κ1) is 34.2. The van der Waals surface area contributed by atoms with Crippen molar-refractivity contribution in [1.29, 1.82) is 0 Å². The molecule has 4 aromatic rings. The van der Waals surface area contributed by atoms with Gasteiger partial charge in [-0.05, 0) is 66.4 Å². The van der Waals surface area contributed by atoms with E-state index in [2.05, 4.69) is 5.32 Å². The summed E-state index contributed by atoms with van der Waals surface area (Å²) in [6.07, 6.45) is 1.91. The number of sulfonamides is 1. The standard InChI is InChI=1S/C36H40FN3O5S/c1-4-27(2)38-36(42)34(23-28-11-7-5-8-12-28)39(24-29-15-17-31(37)18-16-29)35(41)25-40(46(3,43)44)32-19-21-33(22-20-32)45-26-30-13-9-6-10-14-30/h5-22,27,34H,4,23-26H2,1-3H3,(H,38,42)/t27-,34-/m0/s1. The van der Waals surface area contributed by atoms with Crippen molar-refractivity contribution < 1.29 is 27.1 Å². The molecule has 2 atom stereocenters. The lowest BCUT2D eigenvalue weighted by molar-refractivity contribution is -0.140. The van der Waals surface area contributed by atoms with Gasteiger partial charge in [0.15, 0.2) is 0 Å². The molecular formula is C36H40FN3O5S. The summed E-state index contributed by atoms with van der Waals surface area (Å²) in [7, 11) is -3.93. The number of ether oxygens (including phenoxy) is 1. The lowest BCUT2D eigenvalue weighted by atomic mass is 10.0. The number of nitrogens with zero attached hydrogens (tertiary/aromatic N) is 2. The Hall–Kier alpha value is -4.70. The summed E-state index contributed by atoms with van der Waals surface area (Å²) in [5, 5.41) is 2.99. The molecule has 0 spiro atoms. The zero-order valence-corrected chi connectivity index (χ0v) is 27.1. The zero-order chi connectivity index (χ0) is 33.1. The molecule has 0 bridgehead atoms. The summed E-state index contributed by atoms with van der Waals surface area (Å²) >= 11 is 0. The Morgan fingerprint density at radius 1 is 0.826 bits per heavy atom. The first-order chi connectivity index (χ1) is 22.0. The van der Waals surface area contributed by atoms with Crippen LogP contribution in [0.25, 0.3) is 0 Å². The molecule has 0 aliphatic carbocycles. The highest BCUT2D eigenvalue weighted by molar-refractivity contribution is 7.92. The van der Waals surface area contributed by atoms with Gasteiger partial charge in [0.2, 0.25) is 21.8 Å². The van der Waals surface area contributed by atoms with Crippen LogP contribution in [-0.2, 0) is 39.2 Å². The molecule has 0 fully saturated rings. The number of nitrogens with one attached hydrogen (secondary N) is 1. The maximum atomic E-state index is 14.2. The molecule has 0 aliphatic rings. The summed E-state index contributed by atoms with van der Waals surface area (Å²) in [6.45, 7) is 3.58. The summed E-state index contributed by atoms with van der Waals surface area (Å²) in [6, 6.07) is 29.9. The largest absolute Gasteiger partial charge is 0.489 e. The second kappa shape index (κ2) is 16.0. The third-order valence-corrected chi connectivity index (χ3v) is 8.73. The summed E-state index contributed by atoms with van der Waals surface area (Å²) in [5.74, 6) is -0.842. The molecule has 0 saturated carbocycles. The van der Waals surface area contributed by atoms with Crippen molar-refractivity contribution in [1.82, 2.24) is 10.2 Å². The highest BCUT2D eigenvalue weighted by Crippen LogP contribution is 2.24. The molecule has 0 radical (unpaired) electrons. The van der Waals surface area contributed by atoms with Crippen molar-refractivity contribution >= 4 is 27.5 Å². The van der Waals surface area contributed by atoms with Crippen LogP contribution in [0.3, 0.4) is 0 Å². The minimum absolute atomic E-state index is 0.0333. The van der Waals surface area contributed by atoms with Crippen LogP contribution in [0.1, 0.15) is 37.0 Å². The summed E-state index contributed by atoms with van der Waals surface area (Å²) in [5.41, 5.74) is 2.68. The number of rotatable bonds is 15. The predicted molar refractivity (Wildman–Crippen MR) is 178 cm³/mol. The second-order valence-electron chi connectivity index (χ2n) is 11.2. The fourth-order valence-corrected chi connectivity index (χ4v) is 5.69. The molecule has 2 amide bonds. The SMILES string of the molecule is CC[C@H](C)NC(=O)[C@H](Cc1ccccc1)N(Cc1ccc(F)cc1)C(=O)CN(c1ccc(OCc2ccccc2)cc1)S(C)(=O)=O. The third-order valence-electron chi connectivity index (χ3n) is 7.59. The Morgan fingerprint density at radius 2 is 1.41 bits per heavy atom. The second-order valence-corrected chi connectivity index (χ2v) is 13.1. The lowest BCUT2D eigenvalue weighted by Crippen LogP contribution is -2.54. The number of carbonyl (C=O) groups is 2. The summed E-state index contributed by atoms with van der Waals surface area (Å²) < 4.78 is 46.8. The van der Waals surface area contributed by atoms with Gasteiger partial charge < -0.3 is 15.0 Å². The zero-order valence-electron chi connectivity index (χ0n) is 26.3. The van der Waals surface area contributed by atoms with Gasteiger partial charge in [-0.15, -0.1) is 0 Å². The van der Waals surface area contributed by atoms with E-state index in [9.17, 15) is 22.4 Å². The molecule has 242 valence electrons. The van der Waals surface area contributed by atoms with Crippen molar-refractivity contribution in [3.05, 3.63) is 132 Å². The van der Waals surface area contributed by atoms with Crippen LogP contribution in [0.4, 0.5) is 10.1 Å². The maximum absolute atomic E-state index is 14.2. The highest BCUT2D eigenvalue weighted by atomic mass is 32.2. The molecule has 0 aromatic heterocycles. The van der Waals surface area contributed by atoms with E-state index in [4.69, 9.17) is 4.74 Å². The first-order valence-corrected chi connectivity index (χ1v) is 17.0. The topological polar surface area (TPSA) is 96.0 Å². The van der Waals surface area contributed by atoms with Crippen molar-refractivity contribution in [2.45, 2.75) is 51.9 Å². The molecule has 10 heteroatoms. The average molecular weight is 646 g/mol. The Labute approximate surface area is 270 Å². The first-order valence-electron chi connectivity index (χ1n) is 15.2. The number of benzene rings is 4. The van der Waals surface area contributed by atoms with E-state index in [-0.39, 0.29) is 30.6 Å². The Kier molecular flexibility index (Phi) is 11.9. The molecule has 1 N–H and O–H groups in total. The van der Waals surface area contributed by atoms with E-state index in [1.165, 1.54) is 17.0 Å². The van der Waals surface area contributed by atoms with Crippen molar-refractivity contribution in [3.8, 4) is 5.75 Å². The Morgan fingerprint density at radius 3 is 1.98 bits per heavy atom. The number of hydrogen-bond donors (Lipinski definition) is 1. The minimum atomic E-state index is -3.93. The van der Waals surface area contributed by atoms with E-state index in [1.807, 2.05) is 74.5 Å². The van der Waals surface area contributed by atoms with E-state index >= 15 is 0 Å². The van der Waals surface area contributed by atoms with Gasteiger partial charge in [-0.2, -0.15) is 0 Å². The number of carbonyl (C=O) groups excluding carboxylic acids is 2. The van der Waals surface area contributed by atoms with Gasteiger partial charge in [0, 0.05) is 19.0 Å². The van der Waals surface area contributed by atoms with Crippen molar-refractivity contribution in [3.63, 3.8) is 0 Å². The van der Waals surface area contributed by atoms with Crippen molar-refractivity contribution in [2.75, 3.05) is 17.1 Å². The minimum Gasteiger partial charge on any atom is -0.489 e. The van der Waals surface area contributed by atoms with Gasteiger partial charge in [-0.25, -0.2) is 12.8 Å². The number of halogens is 1. The molecule has 8 nitrogen and oxygen atoms in total. The molecule has 0 aliphatic heterocycles. The highest BCUT2D eigenvalue weighted by Gasteiger charge is 2.33. The molecule has 0 saturated heterocycles. The van der Waals surface area contributed by atoms with Crippen molar-refractivity contribution in [2.24, 2.45) is 0 Å². The maximum Gasteiger partial charge on any atom is 0.244 e. The molecule has 0 unspecified atom stereocenters. The number of amides is 2. The molecule has 0 heterocycles. The van der Waals surface area contributed by atoms with Gasteiger partial charge in [0.25, 0.3) is 0 Å². The van der Waals surface area contributed by atoms with Gasteiger partial charge in [0.05, 0.1) is 11.9 Å². The smallest absolute Gasteiger partial charge is 0.244 e. The van der Waals surface area contributed by atoms with E-state index in [0.29, 0.717) is 24.3 Å². The lowest BCUT2D eigenvalue weighted by Gasteiger charge is -2.34. The van der Waals surface area contributed by atoms with Crippen LogP contribution in [-0.4, -0.2) is 50.0 Å². The number of hydrogen-bond acceptors (Lipinski definition) is 5. The third kappa shape index (κ3) is 9.90. The van der Waals surface area contributed by atoms with Gasteiger partial charge in [-0.1, -0.05) is 79.7 Å². The van der Waals surface area contributed by atoms with E-state index in [0.717, 1.165) is 21.7 Å². The summed E-state index contributed by atoms with van der Waals surface area (Å²) in [4.78, 5) is 29.3. The molecular weight excluding hydrogens is 605 g/mol.